The quantitative estimate of drug-likeness (QED) is 0.576. The van der Waals surface area contributed by atoms with Crippen LogP contribution in [0.25, 0.3) is 0 Å². The van der Waals surface area contributed by atoms with E-state index >= 15 is 0 Å². The molecule has 19 heavy (non-hydrogen) atoms. The van der Waals surface area contributed by atoms with Crippen molar-refractivity contribution in [2.45, 2.75) is 25.3 Å². The number of fused-ring (bicyclic) bond motifs is 1. The van der Waals surface area contributed by atoms with Gasteiger partial charge in [0.1, 0.15) is 5.75 Å². The number of benzene rings is 1. The van der Waals surface area contributed by atoms with Crippen molar-refractivity contribution in [1.29, 1.82) is 0 Å². The van der Waals surface area contributed by atoms with Crippen LogP contribution in [0, 0.1) is 0 Å². The molecule has 2 rings (SSSR count). The number of hydrogen-bond donors (Lipinski definition) is 1. The molecule has 1 atom stereocenters. The Kier molecular flexibility index (Phi) is 5.43. The molecular formula is C16H23NO2. The van der Waals surface area contributed by atoms with Gasteiger partial charge < -0.3 is 14.8 Å². The summed E-state index contributed by atoms with van der Waals surface area (Å²) < 4.78 is 10.8. The monoisotopic (exact) mass is 261 g/mol. The minimum atomic E-state index is 0.438. The zero-order chi connectivity index (χ0) is 13.5. The Morgan fingerprint density at radius 3 is 3.11 bits per heavy atom. The highest BCUT2D eigenvalue weighted by Crippen LogP contribution is 2.33. The van der Waals surface area contributed by atoms with Crippen molar-refractivity contribution in [3.63, 3.8) is 0 Å². The summed E-state index contributed by atoms with van der Waals surface area (Å²) in [6.07, 6.45) is 5.11. The molecule has 0 saturated heterocycles. The van der Waals surface area contributed by atoms with E-state index in [4.69, 9.17) is 9.47 Å². The predicted octanol–water partition coefficient (Wildman–Crippen LogP) is 2.86. The van der Waals surface area contributed by atoms with Crippen molar-refractivity contribution < 1.29 is 9.47 Å². The van der Waals surface area contributed by atoms with Gasteiger partial charge in [0.2, 0.25) is 0 Å². The average molecular weight is 261 g/mol. The Balaban J connectivity index is 1.79. The van der Waals surface area contributed by atoms with Crippen molar-refractivity contribution in [2.24, 2.45) is 0 Å². The Labute approximate surface area is 115 Å². The second kappa shape index (κ2) is 7.31. The predicted molar refractivity (Wildman–Crippen MR) is 77.7 cm³/mol. The van der Waals surface area contributed by atoms with E-state index in [1.165, 1.54) is 11.1 Å². The highest BCUT2D eigenvalue weighted by atomic mass is 16.5. The Morgan fingerprint density at radius 2 is 2.32 bits per heavy atom. The molecule has 1 aliphatic carbocycles. The first-order valence-electron chi connectivity index (χ1n) is 6.94. The van der Waals surface area contributed by atoms with E-state index in [0.717, 1.165) is 44.8 Å². The zero-order valence-corrected chi connectivity index (χ0v) is 11.7. The number of methoxy groups -OCH3 is 1. The van der Waals surface area contributed by atoms with Crippen LogP contribution in [0.5, 0.6) is 5.75 Å². The minimum Gasteiger partial charge on any atom is -0.497 e. The van der Waals surface area contributed by atoms with Gasteiger partial charge in [0.25, 0.3) is 0 Å². The molecule has 0 saturated carbocycles. The highest BCUT2D eigenvalue weighted by molar-refractivity contribution is 5.40. The summed E-state index contributed by atoms with van der Waals surface area (Å²) >= 11 is 0. The number of nitrogens with one attached hydrogen (secondary N) is 1. The topological polar surface area (TPSA) is 30.5 Å². The molecule has 0 aromatic heterocycles. The van der Waals surface area contributed by atoms with Crippen LogP contribution in [-0.2, 0) is 11.2 Å². The summed E-state index contributed by atoms with van der Waals surface area (Å²) in [6, 6.07) is 6.81. The van der Waals surface area contributed by atoms with Crippen LogP contribution < -0.4 is 10.1 Å². The van der Waals surface area contributed by atoms with Gasteiger partial charge in [-0.15, -0.1) is 6.58 Å². The fourth-order valence-corrected chi connectivity index (χ4v) is 2.49. The second-order valence-electron chi connectivity index (χ2n) is 4.80. The first-order chi connectivity index (χ1) is 9.35. The van der Waals surface area contributed by atoms with Crippen LogP contribution in [0.1, 0.15) is 30.0 Å². The molecule has 1 unspecified atom stereocenters. The fourth-order valence-electron chi connectivity index (χ4n) is 2.49. The second-order valence-corrected chi connectivity index (χ2v) is 4.80. The molecule has 1 aromatic rings. The van der Waals surface area contributed by atoms with Crippen LogP contribution in [0.4, 0.5) is 0 Å². The summed E-state index contributed by atoms with van der Waals surface area (Å²) in [5.74, 6) is 0.940. The van der Waals surface area contributed by atoms with Gasteiger partial charge in [-0.25, -0.2) is 0 Å². The molecule has 1 N–H and O–H groups in total. The lowest BCUT2D eigenvalue weighted by Crippen LogP contribution is -2.24. The molecule has 0 fully saturated rings. The molecule has 0 bridgehead atoms. The van der Waals surface area contributed by atoms with Crippen LogP contribution in [0.3, 0.4) is 0 Å². The van der Waals surface area contributed by atoms with E-state index in [1.54, 1.807) is 7.11 Å². The van der Waals surface area contributed by atoms with Gasteiger partial charge in [-0.3, -0.25) is 0 Å². The molecule has 104 valence electrons. The lowest BCUT2D eigenvalue weighted by atomic mass is 10.1. The van der Waals surface area contributed by atoms with Gasteiger partial charge in [-0.2, -0.15) is 0 Å². The third-order valence-electron chi connectivity index (χ3n) is 3.53. The minimum absolute atomic E-state index is 0.438. The van der Waals surface area contributed by atoms with Crippen molar-refractivity contribution >= 4 is 0 Å². The number of aryl methyl sites for hydroxylation is 1. The molecule has 3 heteroatoms. The largest absolute Gasteiger partial charge is 0.497 e. The first-order valence-corrected chi connectivity index (χ1v) is 6.94. The molecule has 0 amide bonds. The highest BCUT2D eigenvalue weighted by Gasteiger charge is 2.22. The maximum atomic E-state index is 5.51. The molecule has 0 radical (unpaired) electrons. The van der Waals surface area contributed by atoms with Crippen LogP contribution >= 0.6 is 0 Å². The summed E-state index contributed by atoms with van der Waals surface area (Å²) in [4.78, 5) is 0. The summed E-state index contributed by atoms with van der Waals surface area (Å²) in [7, 11) is 1.71. The number of rotatable bonds is 8. The van der Waals surface area contributed by atoms with Gasteiger partial charge in [-0.05, 0) is 42.5 Å². The SMILES string of the molecule is C=CCCOCCNC1CCc2ccc(OC)cc21. The van der Waals surface area contributed by atoms with Gasteiger partial charge in [0.15, 0.2) is 0 Å². The fraction of sp³-hybridized carbons (Fsp3) is 0.500. The summed E-state index contributed by atoms with van der Waals surface area (Å²) in [5, 5.41) is 3.56. The third-order valence-corrected chi connectivity index (χ3v) is 3.53. The normalized spacial score (nSPS) is 17.2. The molecule has 0 aliphatic heterocycles. The van der Waals surface area contributed by atoms with Crippen LogP contribution in [0.2, 0.25) is 0 Å². The maximum absolute atomic E-state index is 5.51. The van der Waals surface area contributed by atoms with Crippen LogP contribution in [-0.4, -0.2) is 26.9 Å². The van der Waals surface area contributed by atoms with Gasteiger partial charge in [0.05, 0.1) is 20.3 Å². The lowest BCUT2D eigenvalue weighted by Gasteiger charge is -2.14. The summed E-state index contributed by atoms with van der Waals surface area (Å²) in [5.41, 5.74) is 2.82. The van der Waals surface area contributed by atoms with Gasteiger partial charge >= 0.3 is 0 Å². The first kappa shape index (κ1) is 14.1. The molecule has 0 spiro atoms. The van der Waals surface area contributed by atoms with Crippen molar-refractivity contribution in [1.82, 2.24) is 5.32 Å². The molecule has 1 aliphatic rings. The van der Waals surface area contributed by atoms with Crippen molar-refractivity contribution in [2.75, 3.05) is 26.9 Å². The van der Waals surface area contributed by atoms with E-state index in [2.05, 4.69) is 24.0 Å². The van der Waals surface area contributed by atoms with Gasteiger partial charge in [-0.1, -0.05) is 12.1 Å². The Morgan fingerprint density at radius 1 is 1.42 bits per heavy atom. The van der Waals surface area contributed by atoms with Crippen LogP contribution in [0.15, 0.2) is 30.9 Å². The third kappa shape index (κ3) is 3.82. The smallest absolute Gasteiger partial charge is 0.119 e. The van der Waals surface area contributed by atoms with Crippen molar-refractivity contribution in [3.05, 3.63) is 42.0 Å². The molecule has 0 heterocycles. The zero-order valence-electron chi connectivity index (χ0n) is 11.7. The molecule has 1 aromatic carbocycles. The Hall–Kier alpha value is -1.32. The van der Waals surface area contributed by atoms with E-state index in [-0.39, 0.29) is 0 Å². The Bertz CT molecular complexity index is 417. The van der Waals surface area contributed by atoms with E-state index < -0.39 is 0 Å². The van der Waals surface area contributed by atoms with Crippen molar-refractivity contribution in [3.8, 4) is 5.75 Å². The number of ether oxygens (including phenoxy) is 2. The molecular weight excluding hydrogens is 238 g/mol. The average Bonchev–Trinajstić information content (AvgIpc) is 2.85. The van der Waals surface area contributed by atoms with Gasteiger partial charge in [0, 0.05) is 12.6 Å². The van der Waals surface area contributed by atoms with E-state index in [1.807, 2.05) is 12.1 Å². The standard InChI is InChI=1S/C16H23NO2/c1-3-4-10-19-11-9-17-16-8-6-13-5-7-14(18-2)12-15(13)16/h3,5,7,12,16-17H,1,4,6,8-11H2,2H3. The number of hydrogen-bond acceptors (Lipinski definition) is 3. The lowest BCUT2D eigenvalue weighted by molar-refractivity contribution is 0.138. The van der Waals surface area contributed by atoms with E-state index in [9.17, 15) is 0 Å². The van der Waals surface area contributed by atoms with E-state index in [0.29, 0.717) is 6.04 Å². The maximum Gasteiger partial charge on any atom is 0.119 e. The summed E-state index contributed by atoms with van der Waals surface area (Å²) in [6.45, 7) is 6.08. The molecule has 3 nitrogen and oxygen atoms in total.